The van der Waals surface area contributed by atoms with Gasteiger partial charge in [0.15, 0.2) is 0 Å². The Kier molecular flexibility index (Phi) is 4.56. The van der Waals surface area contributed by atoms with Crippen molar-refractivity contribution in [3.63, 3.8) is 0 Å². The third-order valence-electron chi connectivity index (χ3n) is 3.90. The molecule has 110 valence electrons. The van der Waals surface area contributed by atoms with Crippen LogP contribution in [0.25, 0.3) is 0 Å². The lowest BCUT2D eigenvalue weighted by Gasteiger charge is -2.37. The number of methoxy groups -OCH3 is 1. The topological polar surface area (TPSA) is 67.2 Å². The SMILES string of the molecule is COCCn1c(C#N)cc(N)c1N1C[C@H](C)C[C@@H](C)C1. The molecule has 0 amide bonds. The minimum absolute atomic E-state index is 0.578. The van der Waals surface area contributed by atoms with Crippen LogP contribution in [0.5, 0.6) is 0 Å². The largest absolute Gasteiger partial charge is 0.396 e. The van der Waals surface area contributed by atoms with Gasteiger partial charge < -0.3 is 19.9 Å². The maximum Gasteiger partial charge on any atom is 0.133 e. The molecule has 2 N–H and O–H groups in total. The molecule has 2 atom stereocenters. The van der Waals surface area contributed by atoms with E-state index in [2.05, 4.69) is 24.8 Å². The summed E-state index contributed by atoms with van der Waals surface area (Å²) in [7, 11) is 1.67. The van der Waals surface area contributed by atoms with Crippen molar-refractivity contribution in [1.29, 1.82) is 5.26 Å². The summed E-state index contributed by atoms with van der Waals surface area (Å²) in [6.07, 6.45) is 1.25. The van der Waals surface area contributed by atoms with Crippen LogP contribution in [-0.4, -0.2) is 31.4 Å². The molecule has 1 saturated heterocycles. The number of hydrogen-bond donors (Lipinski definition) is 1. The van der Waals surface area contributed by atoms with E-state index in [0.717, 1.165) is 18.9 Å². The van der Waals surface area contributed by atoms with Gasteiger partial charge in [0.25, 0.3) is 0 Å². The minimum atomic E-state index is 0.578. The molecule has 0 unspecified atom stereocenters. The molecule has 0 saturated carbocycles. The summed E-state index contributed by atoms with van der Waals surface area (Å²) in [5.41, 5.74) is 7.46. The van der Waals surface area contributed by atoms with Crippen molar-refractivity contribution in [2.45, 2.75) is 26.8 Å². The van der Waals surface area contributed by atoms with Crippen molar-refractivity contribution < 1.29 is 4.74 Å². The summed E-state index contributed by atoms with van der Waals surface area (Å²) >= 11 is 0. The van der Waals surface area contributed by atoms with Gasteiger partial charge in [-0.15, -0.1) is 0 Å². The molecule has 0 aromatic carbocycles. The van der Waals surface area contributed by atoms with Crippen molar-refractivity contribution in [3.05, 3.63) is 11.8 Å². The fourth-order valence-electron chi connectivity index (χ4n) is 3.25. The number of nitrogens with two attached hydrogens (primary N) is 1. The Hall–Kier alpha value is -1.67. The third kappa shape index (κ3) is 2.91. The summed E-state index contributed by atoms with van der Waals surface area (Å²) in [6, 6.07) is 4.00. The fourth-order valence-corrected chi connectivity index (χ4v) is 3.25. The number of aromatic nitrogens is 1. The zero-order valence-electron chi connectivity index (χ0n) is 12.6. The maximum absolute atomic E-state index is 9.27. The number of nitrogens with zero attached hydrogens (tertiary/aromatic N) is 3. The van der Waals surface area contributed by atoms with E-state index in [4.69, 9.17) is 10.5 Å². The molecule has 0 radical (unpaired) electrons. The summed E-state index contributed by atoms with van der Waals surface area (Å²) in [5, 5.41) is 9.27. The first-order chi connectivity index (χ1) is 9.56. The number of ether oxygens (including phenoxy) is 1. The quantitative estimate of drug-likeness (QED) is 0.914. The monoisotopic (exact) mass is 276 g/mol. The second kappa shape index (κ2) is 6.19. The highest BCUT2D eigenvalue weighted by Crippen LogP contribution is 2.32. The standard InChI is InChI=1S/C15H24N4O/c1-11-6-12(2)10-18(9-11)15-14(17)7-13(8-16)19(15)4-5-20-3/h7,11-12H,4-6,9-10,17H2,1-3H3/t11-,12-/m1/s1. The Morgan fingerprint density at radius 3 is 2.60 bits per heavy atom. The highest BCUT2D eigenvalue weighted by Gasteiger charge is 2.26. The van der Waals surface area contributed by atoms with Crippen molar-refractivity contribution in [3.8, 4) is 6.07 Å². The smallest absolute Gasteiger partial charge is 0.133 e. The molecule has 5 heteroatoms. The van der Waals surface area contributed by atoms with Crippen LogP contribution in [0.15, 0.2) is 6.07 Å². The molecular formula is C15H24N4O. The van der Waals surface area contributed by atoms with Gasteiger partial charge in [-0.25, -0.2) is 0 Å². The number of rotatable bonds is 4. The summed E-state index contributed by atoms with van der Waals surface area (Å²) in [4.78, 5) is 2.32. The Morgan fingerprint density at radius 2 is 2.05 bits per heavy atom. The van der Waals surface area contributed by atoms with Crippen LogP contribution in [0.4, 0.5) is 11.5 Å². The number of hydrogen-bond acceptors (Lipinski definition) is 4. The van der Waals surface area contributed by atoms with Gasteiger partial charge in [0, 0.05) is 26.7 Å². The number of anilines is 2. The average molecular weight is 276 g/mol. The van der Waals surface area contributed by atoms with Crippen LogP contribution in [0.2, 0.25) is 0 Å². The Balaban J connectivity index is 2.34. The molecule has 1 fully saturated rings. The Bertz CT molecular complexity index is 493. The predicted octanol–water partition coefficient (Wildman–Crippen LogP) is 2.07. The van der Waals surface area contributed by atoms with Crippen LogP contribution in [0, 0.1) is 23.2 Å². The second-order valence-electron chi connectivity index (χ2n) is 5.92. The van der Waals surface area contributed by atoms with E-state index in [0.29, 0.717) is 36.4 Å². The molecule has 0 bridgehead atoms. The van der Waals surface area contributed by atoms with Gasteiger partial charge in [-0.05, 0) is 24.3 Å². The van der Waals surface area contributed by atoms with Gasteiger partial charge in [0.2, 0.25) is 0 Å². The normalized spacial score (nSPS) is 22.8. The maximum atomic E-state index is 9.27. The van der Waals surface area contributed by atoms with E-state index in [1.807, 2.05) is 4.57 Å². The van der Waals surface area contributed by atoms with Gasteiger partial charge in [-0.2, -0.15) is 5.26 Å². The van der Waals surface area contributed by atoms with E-state index >= 15 is 0 Å². The molecule has 0 aliphatic carbocycles. The van der Waals surface area contributed by atoms with E-state index in [1.165, 1.54) is 6.42 Å². The highest BCUT2D eigenvalue weighted by molar-refractivity contribution is 5.68. The molecule has 5 nitrogen and oxygen atoms in total. The molecule has 1 aromatic rings. The molecule has 0 spiro atoms. The van der Waals surface area contributed by atoms with Crippen LogP contribution in [0.3, 0.4) is 0 Å². The molecular weight excluding hydrogens is 252 g/mol. The molecule has 1 aromatic heterocycles. The lowest BCUT2D eigenvalue weighted by Crippen LogP contribution is -2.40. The molecule has 1 aliphatic heterocycles. The first kappa shape index (κ1) is 14.7. The third-order valence-corrected chi connectivity index (χ3v) is 3.90. The summed E-state index contributed by atoms with van der Waals surface area (Å²) < 4.78 is 7.14. The number of nitrogen functional groups attached to an aromatic ring is 1. The zero-order valence-corrected chi connectivity index (χ0v) is 12.6. The van der Waals surface area contributed by atoms with Gasteiger partial charge in [-0.3, -0.25) is 0 Å². The van der Waals surface area contributed by atoms with E-state index in [-0.39, 0.29) is 0 Å². The average Bonchev–Trinajstić information content (AvgIpc) is 2.71. The van der Waals surface area contributed by atoms with Crippen molar-refractivity contribution in [1.82, 2.24) is 4.57 Å². The molecule has 2 rings (SSSR count). The summed E-state index contributed by atoms with van der Waals surface area (Å²) in [6.45, 7) is 7.77. The summed E-state index contributed by atoms with van der Waals surface area (Å²) in [5.74, 6) is 2.28. The van der Waals surface area contributed by atoms with Crippen LogP contribution >= 0.6 is 0 Å². The molecule has 2 heterocycles. The Morgan fingerprint density at radius 1 is 1.40 bits per heavy atom. The minimum Gasteiger partial charge on any atom is -0.396 e. The van der Waals surface area contributed by atoms with E-state index in [9.17, 15) is 5.26 Å². The van der Waals surface area contributed by atoms with Gasteiger partial charge in [0.1, 0.15) is 17.6 Å². The van der Waals surface area contributed by atoms with Crippen LogP contribution < -0.4 is 10.6 Å². The fraction of sp³-hybridized carbons (Fsp3) is 0.667. The first-order valence-electron chi connectivity index (χ1n) is 7.19. The van der Waals surface area contributed by atoms with Gasteiger partial charge in [0.05, 0.1) is 12.3 Å². The Labute approximate surface area is 120 Å². The van der Waals surface area contributed by atoms with Crippen molar-refractivity contribution in [2.75, 3.05) is 37.4 Å². The predicted molar refractivity (Wildman–Crippen MR) is 80.6 cm³/mol. The lowest BCUT2D eigenvalue weighted by atomic mass is 9.92. The second-order valence-corrected chi connectivity index (χ2v) is 5.92. The van der Waals surface area contributed by atoms with Crippen LogP contribution in [0.1, 0.15) is 26.0 Å². The first-order valence-corrected chi connectivity index (χ1v) is 7.19. The molecule has 1 aliphatic rings. The number of nitriles is 1. The molecule has 20 heavy (non-hydrogen) atoms. The lowest BCUT2D eigenvalue weighted by molar-refractivity contribution is 0.187. The highest BCUT2D eigenvalue weighted by atomic mass is 16.5. The van der Waals surface area contributed by atoms with Crippen molar-refractivity contribution >= 4 is 11.5 Å². The van der Waals surface area contributed by atoms with Crippen LogP contribution in [-0.2, 0) is 11.3 Å². The van der Waals surface area contributed by atoms with Crippen molar-refractivity contribution in [2.24, 2.45) is 11.8 Å². The van der Waals surface area contributed by atoms with E-state index < -0.39 is 0 Å². The zero-order chi connectivity index (χ0) is 14.7. The van der Waals surface area contributed by atoms with Gasteiger partial charge >= 0.3 is 0 Å². The van der Waals surface area contributed by atoms with E-state index in [1.54, 1.807) is 13.2 Å². The number of piperidine rings is 1. The van der Waals surface area contributed by atoms with Gasteiger partial charge in [-0.1, -0.05) is 13.8 Å².